The number of pyridine rings is 1. The zero-order chi connectivity index (χ0) is 14.0. The van der Waals surface area contributed by atoms with Crippen molar-refractivity contribution in [3.63, 3.8) is 0 Å². The average Bonchev–Trinajstić information content (AvgIpc) is 2.38. The highest BCUT2D eigenvalue weighted by Gasteiger charge is 2.24. The van der Waals surface area contributed by atoms with E-state index < -0.39 is 5.97 Å². The van der Waals surface area contributed by atoms with Crippen molar-refractivity contribution in [2.24, 2.45) is 0 Å². The van der Waals surface area contributed by atoms with Crippen LogP contribution in [0.1, 0.15) is 23.2 Å². The Kier molecular flexibility index (Phi) is 3.90. The molecule has 0 aliphatic carbocycles. The molecule has 0 bridgehead atoms. The summed E-state index contributed by atoms with van der Waals surface area (Å²) >= 11 is 0. The van der Waals surface area contributed by atoms with Crippen LogP contribution in [0.3, 0.4) is 0 Å². The number of aromatic nitrogens is 1. The molecule has 2 heterocycles. The Morgan fingerprint density at radius 1 is 1.47 bits per heavy atom. The molecule has 6 heteroatoms. The van der Waals surface area contributed by atoms with E-state index in [-0.39, 0.29) is 11.3 Å². The van der Waals surface area contributed by atoms with Gasteiger partial charge in [-0.3, -0.25) is 0 Å². The summed E-state index contributed by atoms with van der Waals surface area (Å²) in [6.45, 7) is 1.70. The van der Waals surface area contributed by atoms with Crippen molar-refractivity contribution in [1.82, 2.24) is 9.88 Å². The van der Waals surface area contributed by atoms with Gasteiger partial charge in [0.2, 0.25) is 0 Å². The van der Waals surface area contributed by atoms with Gasteiger partial charge in [-0.05, 0) is 33.0 Å². The first kappa shape index (κ1) is 13.6. The molecule has 1 saturated heterocycles. The largest absolute Gasteiger partial charge is 0.478 e. The highest BCUT2D eigenvalue weighted by atomic mass is 16.4. The minimum Gasteiger partial charge on any atom is -0.478 e. The molecule has 1 aliphatic heterocycles. The van der Waals surface area contributed by atoms with Crippen LogP contribution in [-0.2, 0) is 0 Å². The lowest BCUT2D eigenvalue weighted by atomic mass is 10.0. The molecule has 104 valence electrons. The number of aromatic carboxylic acids is 1. The molecule has 0 saturated carbocycles. The molecule has 0 amide bonds. The normalized spacial score (nSPS) is 16.9. The van der Waals surface area contributed by atoms with Crippen molar-refractivity contribution >= 4 is 17.5 Å². The van der Waals surface area contributed by atoms with Gasteiger partial charge in [0.15, 0.2) is 5.82 Å². The summed E-state index contributed by atoms with van der Waals surface area (Å²) in [6, 6.07) is 2.01. The SMILES string of the molecule is CN(C)C1CCN(c2nccc(C(=O)O)c2N)CC1. The Balaban J connectivity index is 2.16. The van der Waals surface area contributed by atoms with Gasteiger partial charge in [-0.2, -0.15) is 0 Å². The minimum absolute atomic E-state index is 0.125. The molecule has 0 unspecified atom stereocenters. The molecule has 2 rings (SSSR count). The Morgan fingerprint density at radius 3 is 2.63 bits per heavy atom. The Morgan fingerprint density at radius 2 is 2.11 bits per heavy atom. The first-order valence-corrected chi connectivity index (χ1v) is 6.40. The molecule has 19 heavy (non-hydrogen) atoms. The zero-order valence-electron chi connectivity index (χ0n) is 11.3. The lowest BCUT2D eigenvalue weighted by Gasteiger charge is -2.36. The topological polar surface area (TPSA) is 82.7 Å². The van der Waals surface area contributed by atoms with Gasteiger partial charge in [-0.1, -0.05) is 0 Å². The van der Waals surface area contributed by atoms with Crippen LogP contribution in [-0.4, -0.2) is 54.2 Å². The maximum Gasteiger partial charge on any atom is 0.337 e. The van der Waals surface area contributed by atoms with E-state index in [9.17, 15) is 4.79 Å². The number of rotatable bonds is 3. The van der Waals surface area contributed by atoms with Crippen LogP contribution in [0.5, 0.6) is 0 Å². The van der Waals surface area contributed by atoms with E-state index in [2.05, 4.69) is 28.9 Å². The van der Waals surface area contributed by atoms with Crippen molar-refractivity contribution in [1.29, 1.82) is 0 Å². The smallest absolute Gasteiger partial charge is 0.337 e. The predicted molar refractivity (Wildman–Crippen MR) is 74.5 cm³/mol. The number of piperidine rings is 1. The molecule has 3 N–H and O–H groups in total. The van der Waals surface area contributed by atoms with Crippen LogP contribution >= 0.6 is 0 Å². The lowest BCUT2D eigenvalue weighted by molar-refractivity contribution is 0.0698. The van der Waals surface area contributed by atoms with Crippen LogP contribution < -0.4 is 10.6 Å². The Bertz CT molecular complexity index is 468. The molecule has 0 radical (unpaired) electrons. The van der Waals surface area contributed by atoms with E-state index in [4.69, 9.17) is 10.8 Å². The summed E-state index contributed by atoms with van der Waals surface area (Å²) in [5.41, 5.74) is 6.30. The first-order valence-electron chi connectivity index (χ1n) is 6.40. The fourth-order valence-electron chi connectivity index (χ4n) is 2.49. The number of hydrogen-bond donors (Lipinski definition) is 2. The maximum atomic E-state index is 11.1. The molecule has 1 aromatic heterocycles. The maximum absolute atomic E-state index is 11.1. The molecule has 0 aromatic carbocycles. The van der Waals surface area contributed by atoms with Crippen LogP contribution in [0.25, 0.3) is 0 Å². The quantitative estimate of drug-likeness (QED) is 0.843. The van der Waals surface area contributed by atoms with E-state index in [0.717, 1.165) is 25.9 Å². The van der Waals surface area contributed by atoms with Gasteiger partial charge in [-0.25, -0.2) is 9.78 Å². The van der Waals surface area contributed by atoms with Gasteiger partial charge in [0.1, 0.15) is 0 Å². The van der Waals surface area contributed by atoms with Crippen molar-refractivity contribution in [2.45, 2.75) is 18.9 Å². The summed E-state index contributed by atoms with van der Waals surface area (Å²) in [5, 5.41) is 9.07. The van der Waals surface area contributed by atoms with Crippen LogP contribution in [0.2, 0.25) is 0 Å². The van der Waals surface area contributed by atoms with Crippen LogP contribution in [0.4, 0.5) is 11.5 Å². The number of carboxylic acids is 1. The second-order valence-corrected chi connectivity index (χ2v) is 5.08. The lowest BCUT2D eigenvalue weighted by Crippen LogP contribution is -2.42. The molecule has 0 spiro atoms. The van der Waals surface area contributed by atoms with Gasteiger partial charge in [-0.15, -0.1) is 0 Å². The van der Waals surface area contributed by atoms with Gasteiger partial charge in [0.05, 0.1) is 11.3 Å². The van der Waals surface area contributed by atoms with Crippen LogP contribution in [0, 0.1) is 0 Å². The molecule has 1 aliphatic rings. The molecule has 6 nitrogen and oxygen atoms in total. The third kappa shape index (κ3) is 2.78. The standard InChI is InChI=1S/C13H20N4O2/c1-16(2)9-4-7-17(8-5-9)12-11(14)10(13(18)19)3-6-15-12/h3,6,9H,4-5,7-8,14H2,1-2H3,(H,18,19). The van der Waals surface area contributed by atoms with Gasteiger partial charge in [0.25, 0.3) is 0 Å². The van der Waals surface area contributed by atoms with Crippen molar-refractivity contribution in [3.05, 3.63) is 17.8 Å². The summed E-state index contributed by atoms with van der Waals surface area (Å²) in [6.07, 6.45) is 3.57. The fraction of sp³-hybridized carbons (Fsp3) is 0.538. The molecule has 1 aromatic rings. The van der Waals surface area contributed by atoms with Gasteiger partial charge >= 0.3 is 5.97 Å². The third-order valence-electron chi connectivity index (χ3n) is 3.69. The van der Waals surface area contributed by atoms with Crippen molar-refractivity contribution in [2.75, 3.05) is 37.8 Å². The predicted octanol–water partition coefficient (Wildman–Crippen LogP) is 0.892. The number of hydrogen-bond acceptors (Lipinski definition) is 5. The fourth-order valence-corrected chi connectivity index (χ4v) is 2.49. The third-order valence-corrected chi connectivity index (χ3v) is 3.69. The van der Waals surface area contributed by atoms with E-state index in [1.54, 1.807) is 0 Å². The van der Waals surface area contributed by atoms with E-state index >= 15 is 0 Å². The summed E-state index contributed by atoms with van der Waals surface area (Å²) < 4.78 is 0. The van der Waals surface area contributed by atoms with E-state index in [1.807, 2.05) is 0 Å². The molecule has 0 atom stereocenters. The molecular weight excluding hydrogens is 244 g/mol. The Labute approximate surface area is 112 Å². The van der Waals surface area contributed by atoms with Crippen molar-refractivity contribution < 1.29 is 9.90 Å². The second-order valence-electron chi connectivity index (χ2n) is 5.08. The number of nitrogens with two attached hydrogens (primary N) is 1. The van der Waals surface area contributed by atoms with Gasteiger partial charge < -0.3 is 20.6 Å². The first-order chi connectivity index (χ1) is 9.00. The van der Waals surface area contributed by atoms with Gasteiger partial charge in [0, 0.05) is 25.3 Å². The number of nitrogen functional groups attached to an aromatic ring is 1. The zero-order valence-corrected chi connectivity index (χ0v) is 11.3. The summed E-state index contributed by atoms with van der Waals surface area (Å²) in [5.74, 6) is -0.415. The van der Waals surface area contributed by atoms with Crippen molar-refractivity contribution in [3.8, 4) is 0 Å². The molecule has 1 fully saturated rings. The van der Waals surface area contributed by atoms with E-state index in [1.165, 1.54) is 12.3 Å². The average molecular weight is 264 g/mol. The number of nitrogens with zero attached hydrogens (tertiary/aromatic N) is 3. The monoisotopic (exact) mass is 264 g/mol. The van der Waals surface area contributed by atoms with Crippen LogP contribution in [0.15, 0.2) is 12.3 Å². The summed E-state index contributed by atoms with van der Waals surface area (Å²) in [7, 11) is 4.16. The number of carbonyl (C=O) groups is 1. The Hall–Kier alpha value is -1.82. The number of carboxylic acid groups (broad SMARTS) is 1. The number of anilines is 2. The molecular formula is C13H20N4O2. The summed E-state index contributed by atoms with van der Waals surface area (Å²) in [4.78, 5) is 19.6. The highest BCUT2D eigenvalue weighted by Crippen LogP contribution is 2.27. The minimum atomic E-state index is -1.01. The second kappa shape index (κ2) is 5.44. The van der Waals surface area contributed by atoms with E-state index in [0.29, 0.717) is 11.9 Å². The highest BCUT2D eigenvalue weighted by molar-refractivity contribution is 5.96.